The van der Waals surface area contributed by atoms with Gasteiger partial charge in [-0.25, -0.2) is 4.39 Å². The number of carbonyl (C=O) groups excluding carboxylic acids is 1. The van der Waals surface area contributed by atoms with E-state index in [1.165, 1.54) is 13.2 Å². The lowest BCUT2D eigenvalue weighted by atomic mass is 10.1. The van der Waals surface area contributed by atoms with E-state index < -0.39 is 5.82 Å². The lowest BCUT2D eigenvalue weighted by Gasteiger charge is -2.34. The summed E-state index contributed by atoms with van der Waals surface area (Å²) in [7, 11) is 1.34. The molecule has 21 heavy (non-hydrogen) atoms. The van der Waals surface area contributed by atoms with Gasteiger partial charge in [0.2, 0.25) is 0 Å². The molecule has 0 spiro atoms. The molecule has 2 rings (SSSR count). The van der Waals surface area contributed by atoms with E-state index >= 15 is 0 Å². The van der Waals surface area contributed by atoms with E-state index in [2.05, 4.69) is 4.74 Å². The van der Waals surface area contributed by atoms with Crippen LogP contribution in [0.2, 0.25) is 0 Å². The fraction of sp³-hybridized carbons (Fsp3) is 0.429. The van der Waals surface area contributed by atoms with Gasteiger partial charge in [0.25, 0.3) is 0 Å². The number of methoxy groups -OCH3 is 1. The number of rotatable bonds is 4. The SMILES string of the molecule is COC(=O)CC1CN(c2ccc(C(N)=S)c(F)c2)CCO1. The maximum atomic E-state index is 13.9. The van der Waals surface area contributed by atoms with Crippen molar-refractivity contribution >= 4 is 28.9 Å². The van der Waals surface area contributed by atoms with E-state index in [4.69, 9.17) is 22.7 Å². The minimum Gasteiger partial charge on any atom is -0.469 e. The summed E-state index contributed by atoms with van der Waals surface area (Å²) in [6.45, 7) is 1.60. The summed E-state index contributed by atoms with van der Waals surface area (Å²) < 4.78 is 24.1. The molecule has 1 heterocycles. The second-order valence-electron chi connectivity index (χ2n) is 4.75. The van der Waals surface area contributed by atoms with E-state index in [-0.39, 0.29) is 29.0 Å². The van der Waals surface area contributed by atoms with Crippen molar-refractivity contribution in [3.05, 3.63) is 29.6 Å². The Labute approximate surface area is 127 Å². The van der Waals surface area contributed by atoms with Crippen LogP contribution in [0.4, 0.5) is 10.1 Å². The molecule has 1 aromatic carbocycles. The van der Waals surface area contributed by atoms with Crippen LogP contribution < -0.4 is 10.6 Å². The fourth-order valence-corrected chi connectivity index (χ4v) is 2.41. The highest BCUT2D eigenvalue weighted by Crippen LogP contribution is 2.22. The maximum Gasteiger partial charge on any atom is 0.308 e. The first-order valence-corrected chi connectivity index (χ1v) is 6.95. The predicted octanol–water partition coefficient (Wildman–Crippen LogP) is 1.23. The number of halogens is 1. The maximum absolute atomic E-state index is 13.9. The van der Waals surface area contributed by atoms with Crippen molar-refractivity contribution < 1.29 is 18.7 Å². The van der Waals surface area contributed by atoms with Gasteiger partial charge < -0.3 is 20.1 Å². The molecule has 1 aromatic rings. The van der Waals surface area contributed by atoms with Crippen molar-refractivity contribution in [2.75, 3.05) is 31.7 Å². The van der Waals surface area contributed by atoms with Crippen LogP contribution in [0.25, 0.3) is 0 Å². The van der Waals surface area contributed by atoms with Gasteiger partial charge in [0, 0.05) is 24.3 Å². The molecule has 0 amide bonds. The van der Waals surface area contributed by atoms with Gasteiger partial charge in [0.1, 0.15) is 10.8 Å². The zero-order valence-electron chi connectivity index (χ0n) is 11.7. The molecule has 1 saturated heterocycles. The first kappa shape index (κ1) is 15.7. The second-order valence-corrected chi connectivity index (χ2v) is 5.19. The number of morpholine rings is 1. The van der Waals surface area contributed by atoms with Crippen LogP contribution >= 0.6 is 12.2 Å². The topological polar surface area (TPSA) is 64.8 Å². The Morgan fingerprint density at radius 3 is 3.00 bits per heavy atom. The van der Waals surface area contributed by atoms with Crippen molar-refractivity contribution in [3.63, 3.8) is 0 Å². The van der Waals surface area contributed by atoms with Gasteiger partial charge in [-0.05, 0) is 18.2 Å². The van der Waals surface area contributed by atoms with E-state index in [0.29, 0.717) is 25.4 Å². The zero-order valence-corrected chi connectivity index (χ0v) is 12.5. The molecular weight excluding hydrogens is 295 g/mol. The van der Waals surface area contributed by atoms with Crippen LogP contribution in [0.3, 0.4) is 0 Å². The second kappa shape index (κ2) is 6.82. The van der Waals surface area contributed by atoms with Gasteiger partial charge >= 0.3 is 5.97 Å². The Bertz CT molecular complexity index is 553. The third-order valence-corrected chi connectivity index (χ3v) is 3.56. The van der Waals surface area contributed by atoms with Crippen molar-refractivity contribution in [2.45, 2.75) is 12.5 Å². The van der Waals surface area contributed by atoms with Crippen molar-refractivity contribution in [2.24, 2.45) is 5.73 Å². The Morgan fingerprint density at radius 2 is 2.38 bits per heavy atom. The van der Waals surface area contributed by atoms with Crippen LogP contribution in [0, 0.1) is 5.82 Å². The average Bonchev–Trinajstić information content (AvgIpc) is 2.47. The van der Waals surface area contributed by atoms with Crippen LogP contribution in [-0.2, 0) is 14.3 Å². The standard InChI is InChI=1S/C14H17FN2O3S/c1-19-13(18)7-10-8-17(4-5-20-10)9-2-3-11(14(16)21)12(15)6-9/h2-3,6,10H,4-5,7-8H2,1H3,(H2,16,21). The first-order valence-electron chi connectivity index (χ1n) is 6.54. The highest BCUT2D eigenvalue weighted by atomic mass is 32.1. The van der Waals surface area contributed by atoms with E-state index in [1.807, 2.05) is 4.90 Å². The summed E-state index contributed by atoms with van der Waals surface area (Å²) in [5, 5.41) is 0. The number of hydrogen-bond donors (Lipinski definition) is 1. The van der Waals surface area contributed by atoms with Gasteiger partial charge in [-0.15, -0.1) is 0 Å². The molecule has 7 heteroatoms. The molecular formula is C14H17FN2O3S. The molecule has 1 atom stereocenters. The van der Waals surface area contributed by atoms with Crippen LogP contribution in [0.5, 0.6) is 0 Å². The number of hydrogen-bond acceptors (Lipinski definition) is 5. The van der Waals surface area contributed by atoms with E-state index in [1.54, 1.807) is 12.1 Å². The van der Waals surface area contributed by atoms with Gasteiger partial charge in [-0.1, -0.05) is 12.2 Å². The van der Waals surface area contributed by atoms with E-state index in [9.17, 15) is 9.18 Å². The number of nitrogens with two attached hydrogens (primary N) is 1. The summed E-state index contributed by atoms with van der Waals surface area (Å²) in [5.74, 6) is -0.770. The highest BCUT2D eigenvalue weighted by molar-refractivity contribution is 7.80. The minimum atomic E-state index is -0.448. The van der Waals surface area contributed by atoms with Crippen LogP contribution in [0.15, 0.2) is 18.2 Å². The third-order valence-electron chi connectivity index (χ3n) is 3.34. The van der Waals surface area contributed by atoms with Gasteiger partial charge in [-0.2, -0.15) is 0 Å². The Morgan fingerprint density at radius 1 is 1.62 bits per heavy atom. The quantitative estimate of drug-likeness (QED) is 0.666. The molecule has 1 aliphatic rings. The summed E-state index contributed by atoms with van der Waals surface area (Å²) in [5.41, 5.74) is 6.39. The molecule has 1 fully saturated rings. The third kappa shape index (κ3) is 3.89. The van der Waals surface area contributed by atoms with E-state index in [0.717, 1.165) is 0 Å². The summed E-state index contributed by atoms with van der Waals surface area (Å²) >= 11 is 4.78. The monoisotopic (exact) mass is 312 g/mol. The Hall–Kier alpha value is -1.73. The number of thiocarbonyl (C=S) groups is 1. The molecule has 5 nitrogen and oxygen atoms in total. The number of anilines is 1. The lowest BCUT2D eigenvalue weighted by Crippen LogP contribution is -2.43. The first-order chi connectivity index (χ1) is 10.0. The smallest absolute Gasteiger partial charge is 0.308 e. The predicted molar refractivity (Wildman–Crippen MR) is 80.9 cm³/mol. The number of nitrogens with zero attached hydrogens (tertiary/aromatic N) is 1. The molecule has 1 aliphatic heterocycles. The summed E-state index contributed by atoms with van der Waals surface area (Å²) in [6, 6.07) is 4.73. The lowest BCUT2D eigenvalue weighted by molar-refractivity contribution is -0.144. The molecule has 0 radical (unpaired) electrons. The van der Waals surface area contributed by atoms with Crippen LogP contribution in [0.1, 0.15) is 12.0 Å². The van der Waals surface area contributed by atoms with Crippen LogP contribution in [-0.4, -0.2) is 43.9 Å². The Kier molecular flexibility index (Phi) is 5.08. The van der Waals surface area contributed by atoms with Crippen molar-refractivity contribution in [1.82, 2.24) is 0 Å². The summed E-state index contributed by atoms with van der Waals surface area (Å²) in [4.78, 5) is 13.3. The number of esters is 1. The van der Waals surface area contributed by atoms with Gasteiger partial charge in [-0.3, -0.25) is 4.79 Å². The molecule has 2 N–H and O–H groups in total. The number of carbonyl (C=O) groups is 1. The Balaban J connectivity index is 2.09. The minimum absolute atomic E-state index is 0.0320. The fourth-order valence-electron chi connectivity index (χ4n) is 2.25. The zero-order chi connectivity index (χ0) is 15.4. The molecule has 0 bridgehead atoms. The largest absolute Gasteiger partial charge is 0.469 e. The summed E-state index contributed by atoms with van der Waals surface area (Å²) in [6.07, 6.45) is -0.0787. The van der Waals surface area contributed by atoms with Crippen molar-refractivity contribution in [1.29, 1.82) is 0 Å². The molecule has 114 valence electrons. The number of benzene rings is 1. The van der Waals surface area contributed by atoms with Gasteiger partial charge in [0.05, 0.1) is 26.2 Å². The molecule has 0 aromatic heterocycles. The number of ether oxygens (including phenoxy) is 2. The van der Waals surface area contributed by atoms with Gasteiger partial charge in [0.15, 0.2) is 0 Å². The normalized spacial score (nSPS) is 18.4. The molecule has 1 unspecified atom stereocenters. The van der Waals surface area contributed by atoms with Crippen molar-refractivity contribution in [3.8, 4) is 0 Å². The average molecular weight is 312 g/mol. The molecule has 0 aliphatic carbocycles. The molecule has 0 saturated carbocycles. The highest BCUT2D eigenvalue weighted by Gasteiger charge is 2.24.